The highest BCUT2D eigenvalue weighted by Gasteiger charge is 2.17. The van der Waals surface area contributed by atoms with Gasteiger partial charge in [-0.2, -0.15) is 0 Å². The molecule has 0 spiro atoms. The predicted octanol–water partition coefficient (Wildman–Crippen LogP) is 2.79. The first-order valence-electron chi connectivity index (χ1n) is 9.29. The lowest BCUT2D eigenvalue weighted by Gasteiger charge is -2.27. The smallest absolute Gasteiger partial charge is 0.213 e. The fourth-order valence-electron chi connectivity index (χ4n) is 3.15. The first-order valence-corrected chi connectivity index (χ1v) is 9.29. The number of hydrogen-bond donors (Lipinski definition) is 0. The Morgan fingerprint density at radius 1 is 1.11 bits per heavy atom. The summed E-state index contributed by atoms with van der Waals surface area (Å²) in [6.45, 7) is 5.27. The van der Waals surface area contributed by atoms with Crippen LogP contribution < -0.4 is 19.8 Å². The molecule has 0 amide bonds. The Kier molecular flexibility index (Phi) is 5.43. The van der Waals surface area contributed by atoms with Crippen LogP contribution in [0.3, 0.4) is 0 Å². The zero-order chi connectivity index (χ0) is 19.3. The van der Waals surface area contributed by atoms with Crippen molar-refractivity contribution < 1.29 is 18.6 Å². The molecule has 4 rings (SSSR count). The maximum atomic E-state index is 12.5. The van der Waals surface area contributed by atoms with E-state index in [1.54, 1.807) is 30.5 Å². The van der Waals surface area contributed by atoms with Crippen LogP contribution in [0.25, 0.3) is 11.0 Å². The summed E-state index contributed by atoms with van der Waals surface area (Å²) in [6, 6.07) is 10.6. The molecule has 1 saturated heterocycles. The van der Waals surface area contributed by atoms with Crippen LogP contribution in [0.1, 0.15) is 5.56 Å². The van der Waals surface area contributed by atoms with Gasteiger partial charge in [0.05, 0.1) is 18.6 Å². The monoisotopic (exact) mass is 382 g/mol. The molecule has 7 nitrogen and oxygen atoms in total. The molecule has 3 heterocycles. The first kappa shape index (κ1) is 18.3. The fraction of sp³-hybridized carbons (Fsp3) is 0.333. The van der Waals surface area contributed by atoms with Crippen molar-refractivity contribution in [3.8, 4) is 11.6 Å². The number of aryl methyl sites for hydroxylation is 1. The van der Waals surface area contributed by atoms with Crippen molar-refractivity contribution in [2.75, 3.05) is 44.4 Å². The maximum Gasteiger partial charge on any atom is 0.213 e. The molecule has 1 fully saturated rings. The lowest BCUT2D eigenvalue weighted by atomic mass is 10.1. The number of morpholine rings is 1. The molecule has 0 unspecified atom stereocenters. The van der Waals surface area contributed by atoms with Crippen LogP contribution in [0.5, 0.6) is 11.6 Å². The third kappa shape index (κ3) is 3.94. The first-order chi connectivity index (χ1) is 13.7. The summed E-state index contributed by atoms with van der Waals surface area (Å²) in [5.41, 5.74) is 1.29. The Balaban J connectivity index is 1.51. The summed E-state index contributed by atoms with van der Waals surface area (Å²) in [5.74, 6) is 1.79. The van der Waals surface area contributed by atoms with E-state index < -0.39 is 0 Å². The second-order valence-corrected chi connectivity index (χ2v) is 6.48. The highest BCUT2D eigenvalue weighted by molar-refractivity contribution is 5.82. The third-order valence-corrected chi connectivity index (χ3v) is 4.63. The number of rotatable bonds is 6. The predicted molar refractivity (Wildman–Crippen MR) is 105 cm³/mol. The van der Waals surface area contributed by atoms with Crippen molar-refractivity contribution in [1.29, 1.82) is 0 Å². The highest BCUT2D eigenvalue weighted by atomic mass is 16.5. The van der Waals surface area contributed by atoms with Gasteiger partial charge in [0.15, 0.2) is 11.3 Å². The van der Waals surface area contributed by atoms with E-state index in [0.717, 1.165) is 5.56 Å². The van der Waals surface area contributed by atoms with Gasteiger partial charge in [0.2, 0.25) is 5.88 Å². The van der Waals surface area contributed by atoms with E-state index in [1.807, 2.05) is 24.0 Å². The van der Waals surface area contributed by atoms with Crippen LogP contribution in [0.15, 0.2) is 51.8 Å². The molecule has 1 aliphatic rings. The van der Waals surface area contributed by atoms with Crippen molar-refractivity contribution in [1.82, 2.24) is 4.98 Å². The van der Waals surface area contributed by atoms with Gasteiger partial charge in [-0.05, 0) is 25.1 Å². The topological polar surface area (TPSA) is 74.0 Å². The third-order valence-electron chi connectivity index (χ3n) is 4.63. The van der Waals surface area contributed by atoms with E-state index in [0.29, 0.717) is 68.0 Å². The van der Waals surface area contributed by atoms with Gasteiger partial charge < -0.3 is 23.5 Å². The van der Waals surface area contributed by atoms with Gasteiger partial charge >= 0.3 is 0 Å². The quantitative estimate of drug-likeness (QED) is 0.607. The number of fused-ring (bicyclic) bond motifs is 1. The van der Waals surface area contributed by atoms with E-state index in [4.69, 9.17) is 18.6 Å². The molecule has 0 radical (unpaired) electrons. The molecule has 3 aromatic rings. The Morgan fingerprint density at radius 3 is 2.71 bits per heavy atom. The minimum atomic E-state index is -0.0594. The molecule has 0 N–H and O–H groups in total. The van der Waals surface area contributed by atoms with Gasteiger partial charge in [0, 0.05) is 37.0 Å². The van der Waals surface area contributed by atoms with Gasteiger partial charge in [-0.25, -0.2) is 4.98 Å². The normalized spacial score (nSPS) is 14.2. The number of ether oxygens (including phenoxy) is 3. The summed E-state index contributed by atoms with van der Waals surface area (Å²) in [7, 11) is 0. The highest BCUT2D eigenvalue weighted by Crippen LogP contribution is 2.29. The molecule has 0 atom stereocenters. The summed E-state index contributed by atoms with van der Waals surface area (Å²) in [4.78, 5) is 18.7. The zero-order valence-corrected chi connectivity index (χ0v) is 15.7. The molecule has 7 heteroatoms. The molecular weight excluding hydrogens is 360 g/mol. The summed E-state index contributed by atoms with van der Waals surface area (Å²) < 4.78 is 22.8. The number of nitrogens with zero attached hydrogens (tertiary/aromatic N) is 2. The van der Waals surface area contributed by atoms with Crippen molar-refractivity contribution in [2.45, 2.75) is 6.92 Å². The summed E-state index contributed by atoms with van der Waals surface area (Å²) in [5, 5.41) is 0.548. The zero-order valence-electron chi connectivity index (χ0n) is 15.7. The lowest BCUT2D eigenvalue weighted by molar-refractivity contribution is 0.121. The fourth-order valence-corrected chi connectivity index (χ4v) is 3.15. The van der Waals surface area contributed by atoms with Crippen LogP contribution in [0, 0.1) is 6.92 Å². The van der Waals surface area contributed by atoms with E-state index >= 15 is 0 Å². The van der Waals surface area contributed by atoms with Crippen LogP contribution in [-0.4, -0.2) is 44.5 Å². The maximum absolute atomic E-state index is 12.5. The largest absolute Gasteiger partial charge is 0.490 e. The number of hydrogen-bond acceptors (Lipinski definition) is 7. The van der Waals surface area contributed by atoms with Crippen LogP contribution >= 0.6 is 0 Å². The standard InChI is InChI=1S/C21H22N2O5/c1-15-18(26-12-13-27-19-4-2-3-7-22-19)6-5-16-17(24)14-20(28-21(15)16)23-8-10-25-11-9-23/h2-7,14H,8-13H2,1H3. The molecule has 1 aromatic carbocycles. The van der Waals surface area contributed by atoms with Crippen LogP contribution in [0.2, 0.25) is 0 Å². The number of benzene rings is 1. The van der Waals surface area contributed by atoms with Gasteiger partial charge in [-0.3, -0.25) is 4.79 Å². The summed E-state index contributed by atoms with van der Waals surface area (Å²) in [6.07, 6.45) is 1.68. The van der Waals surface area contributed by atoms with E-state index in [-0.39, 0.29) is 5.43 Å². The van der Waals surface area contributed by atoms with E-state index in [9.17, 15) is 4.79 Å². The molecule has 2 aromatic heterocycles. The SMILES string of the molecule is Cc1c(OCCOc2ccccn2)ccc2c(=O)cc(N3CCOCC3)oc12. The van der Waals surface area contributed by atoms with Gasteiger partial charge in [0.1, 0.15) is 24.5 Å². The number of anilines is 1. The summed E-state index contributed by atoms with van der Waals surface area (Å²) >= 11 is 0. The van der Waals surface area contributed by atoms with Crippen LogP contribution in [-0.2, 0) is 4.74 Å². The second-order valence-electron chi connectivity index (χ2n) is 6.48. The van der Waals surface area contributed by atoms with Crippen molar-refractivity contribution in [3.05, 3.63) is 58.4 Å². The van der Waals surface area contributed by atoms with Gasteiger partial charge in [-0.15, -0.1) is 0 Å². The lowest BCUT2D eigenvalue weighted by Crippen LogP contribution is -2.36. The number of aromatic nitrogens is 1. The average molecular weight is 382 g/mol. The Labute approximate surface area is 162 Å². The van der Waals surface area contributed by atoms with E-state index in [1.165, 1.54) is 0 Å². The minimum Gasteiger partial charge on any atom is -0.490 e. The van der Waals surface area contributed by atoms with Gasteiger partial charge in [0.25, 0.3) is 0 Å². The average Bonchev–Trinajstić information content (AvgIpc) is 2.74. The molecule has 146 valence electrons. The minimum absolute atomic E-state index is 0.0594. The van der Waals surface area contributed by atoms with E-state index in [2.05, 4.69) is 4.98 Å². The molecule has 1 aliphatic heterocycles. The Hall–Kier alpha value is -3.06. The molecule has 28 heavy (non-hydrogen) atoms. The van der Waals surface area contributed by atoms with Gasteiger partial charge in [-0.1, -0.05) is 6.07 Å². The van der Waals surface area contributed by atoms with Crippen molar-refractivity contribution in [2.24, 2.45) is 0 Å². The van der Waals surface area contributed by atoms with Crippen LogP contribution in [0.4, 0.5) is 5.88 Å². The Bertz CT molecular complexity index is 997. The molecule has 0 bridgehead atoms. The second kappa shape index (κ2) is 8.31. The number of pyridine rings is 1. The van der Waals surface area contributed by atoms with Crippen molar-refractivity contribution in [3.63, 3.8) is 0 Å². The molecule has 0 aliphatic carbocycles. The van der Waals surface area contributed by atoms with Crippen molar-refractivity contribution >= 4 is 16.9 Å². The Morgan fingerprint density at radius 2 is 1.93 bits per heavy atom. The molecule has 0 saturated carbocycles. The molecular formula is C21H22N2O5.